The number of alkyl halides is 3. The summed E-state index contributed by atoms with van der Waals surface area (Å²) in [5.74, 6) is -0.244. The van der Waals surface area contributed by atoms with Gasteiger partial charge in [0.05, 0.1) is 10.8 Å². The molecule has 0 saturated carbocycles. The van der Waals surface area contributed by atoms with E-state index in [4.69, 9.17) is 0 Å². The molecule has 0 aliphatic heterocycles. The highest BCUT2D eigenvalue weighted by Gasteiger charge is 2.30. The summed E-state index contributed by atoms with van der Waals surface area (Å²) in [6.07, 6.45) is -4.39. The monoisotopic (exact) mass is 353 g/mol. The third-order valence-corrected chi connectivity index (χ3v) is 4.59. The molecule has 0 saturated heterocycles. The van der Waals surface area contributed by atoms with Crippen molar-refractivity contribution < 1.29 is 18.0 Å². The molecule has 0 heterocycles. The lowest BCUT2D eigenvalue weighted by atomic mass is 10.1. The lowest BCUT2D eigenvalue weighted by Gasteiger charge is -2.15. The van der Waals surface area contributed by atoms with Crippen LogP contribution in [0, 0.1) is 13.8 Å². The van der Waals surface area contributed by atoms with E-state index in [2.05, 4.69) is 5.32 Å². The lowest BCUT2D eigenvalue weighted by Crippen LogP contribution is -2.22. The summed E-state index contributed by atoms with van der Waals surface area (Å²) in [5, 5.41) is 2.31. The maximum atomic E-state index is 12.7. The molecule has 1 N–H and O–H groups in total. The molecular weight excluding hydrogens is 335 g/mol. The zero-order chi connectivity index (χ0) is 17.9. The van der Waals surface area contributed by atoms with Crippen LogP contribution < -0.4 is 5.32 Å². The van der Waals surface area contributed by atoms with Gasteiger partial charge >= 0.3 is 6.18 Å². The van der Waals surface area contributed by atoms with Crippen LogP contribution in [0.5, 0.6) is 0 Å². The number of hydrogen-bond donors (Lipinski definition) is 1. The van der Waals surface area contributed by atoms with E-state index in [1.165, 1.54) is 6.07 Å². The molecule has 0 aliphatic rings. The Morgan fingerprint density at radius 3 is 2.50 bits per heavy atom. The molecule has 2 aromatic carbocycles. The third-order valence-electron chi connectivity index (χ3n) is 3.49. The Hall–Kier alpha value is -1.95. The second kappa shape index (κ2) is 7.30. The van der Waals surface area contributed by atoms with Crippen LogP contribution in [0.25, 0.3) is 0 Å². The van der Waals surface area contributed by atoms with Crippen LogP contribution >= 0.6 is 11.8 Å². The van der Waals surface area contributed by atoms with Gasteiger partial charge in [0.1, 0.15) is 0 Å². The Morgan fingerprint density at radius 2 is 1.83 bits per heavy atom. The standard InChI is InChI=1S/C18H18F3NOS/c1-11-7-8-12(2)16(9-11)22-17(23)13(3)24-15-6-4-5-14(10-15)18(19,20)21/h4-10,13H,1-3H3,(H,22,23)/t13-/m0/s1. The predicted molar refractivity (Wildman–Crippen MR) is 91.3 cm³/mol. The molecule has 2 aromatic rings. The van der Waals surface area contributed by atoms with Crippen molar-refractivity contribution in [3.8, 4) is 0 Å². The van der Waals surface area contributed by atoms with Gasteiger partial charge in [-0.1, -0.05) is 18.2 Å². The number of thioether (sulfide) groups is 1. The summed E-state index contributed by atoms with van der Waals surface area (Å²) < 4.78 is 38.2. The van der Waals surface area contributed by atoms with Crippen LogP contribution in [0.3, 0.4) is 0 Å². The molecule has 0 radical (unpaired) electrons. The maximum Gasteiger partial charge on any atom is 0.416 e. The van der Waals surface area contributed by atoms with Gasteiger partial charge in [0, 0.05) is 10.6 Å². The second-order valence-corrected chi connectivity index (χ2v) is 7.01. The van der Waals surface area contributed by atoms with Crippen LogP contribution in [-0.2, 0) is 11.0 Å². The Bertz CT molecular complexity index is 743. The number of aryl methyl sites for hydroxylation is 2. The molecule has 0 unspecified atom stereocenters. The van der Waals surface area contributed by atoms with Crippen LogP contribution in [0.15, 0.2) is 47.4 Å². The van der Waals surface area contributed by atoms with Crippen molar-refractivity contribution in [3.63, 3.8) is 0 Å². The fourth-order valence-corrected chi connectivity index (χ4v) is 3.03. The van der Waals surface area contributed by atoms with E-state index in [0.717, 1.165) is 40.7 Å². The molecule has 0 bridgehead atoms. The lowest BCUT2D eigenvalue weighted by molar-refractivity contribution is -0.137. The van der Waals surface area contributed by atoms with Crippen LogP contribution in [0.2, 0.25) is 0 Å². The van der Waals surface area contributed by atoms with E-state index in [1.54, 1.807) is 13.0 Å². The molecule has 24 heavy (non-hydrogen) atoms. The Labute approximate surface area is 143 Å². The molecule has 6 heteroatoms. The summed E-state index contributed by atoms with van der Waals surface area (Å²) in [6, 6.07) is 10.7. The number of carbonyl (C=O) groups excluding carboxylic acids is 1. The zero-order valence-corrected chi connectivity index (χ0v) is 14.4. The predicted octanol–water partition coefficient (Wildman–Crippen LogP) is 5.44. The van der Waals surface area contributed by atoms with Crippen molar-refractivity contribution in [2.45, 2.75) is 37.1 Å². The first kappa shape index (κ1) is 18.4. The summed E-state index contributed by atoms with van der Waals surface area (Å²) in [4.78, 5) is 12.7. The Kier molecular flexibility index (Phi) is 5.59. The van der Waals surface area contributed by atoms with Gasteiger partial charge in [-0.3, -0.25) is 4.79 Å². The number of nitrogens with one attached hydrogen (secondary N) is 1. The van der Waals surface area contributed by atoms with Crippen LogP contribution in [0.1, 0.15) is 23.6 Å². The van der Waals surface area contributed by atoms with E-state index in [0.29, 0.717) is 4.90 Å². The van der Waals surface area contributed by atoms with E-state index in [1.807, 2.05) is 32.0 Å². The van der Waals surface area contributed by atoms with Crippen LogP contribution in [0.4, 0.5) is 18.9 Å². The summed E-state index contributed by atoms with van der Waals surface area (Å²) >= 11 is 1.10. The van der Waals surface area contributed by atoms with Gasteiger partial charge in [-0.15, -0.1) is 11.8 Å². The normalized spacial score (nSPS) is 12.8. The first-order valence-corrected chi connectivity index (χ1v) is 8.27. The Morgan fingerprint density at radius 1 is 1.12 bits per heavy atom. The molecule has 1 atom stereocenters. The van der Waals surface area contributed by atoms with Crippen molar-refractivity contribution in [1.82, 2.24) is 0 Å². The van der Waals surface area contributed by atoms with Crippen molar-refractivity contribution in [3.05, 3.63) is 59.2 Å². The van der Waals surface area contributed by atoms with Crippen LogP contribution in [-0.4, -0.2) is 11.2 Å². The number of carbonyl (C=O) groups is 1. The molecule has 2 rings (SSSR count). The minimum absolute atomic E-state index is 0.244. The smallest absolute Gasteiger partial charge is 0.325 e. The van der Waals surface area contributed by atoms with Crippen molar-refractivity contribution in [2.75, 3.05) is 5.32 Å². The number of rotatable bonds is 4. The maximum absolute atomic E-state index is 12.7. The molecule has 0 aliphatic carbocycles. The van der Waals surface area contributed by atoms with Crippen molar-refractivity contribution >= 4 is 23.4 Å². The molecule has 0 aromatic heterocycles. The van der Waals surface area contributed by atoms with Gasteiger partial charge in [-0.2, -0.15) is 13.2 Å². The molecular formula is C18H18F3NOS. The molecule has 2 nitrogen and oxygen atoms in total. The molecule has 0 spiro atoms. The van der Waals surface area contributed by atoms with E-state index >= 15 is 0 Å². The minimum Gasteiger partial charge on any atom is -0.325 e. The number of benzene rings is 2. The fourth-order valence-electron chi connectivity index (χ4n) is 2.11. The van der Waals surface area contributed by atoms with Gasteiger partial charge in [0.2, 0.25) is 5.91 Å². The topological polar surface area (TPSA) is 29.1 Å². The number of halogens is 3. The van der Waals surface area contributed by atoms with Gasteiger partial charge in [0.25, 0.3) is 0 Å². The molecule has 0 fully saturated rings. The average Bonchev–Trinajstić information content (AvgIpc) is 2.50. The largest absolute Gasteiger partial charge is 0.416 e. The van der Waals surface area contributed by atoms with Crippen molar-refractivity contribution in [1.29, 1.82) is 0 Å². The summed E-state index contributed by atoms with van der Waals surface area (Å²) in [6.45, 7) is 5.49. The third kappa shape index (κ3) is 4.77. The fraction of sp³-hybridized carbons (Fsp3) is 0.278. The molecule has 1 amide bonds. The summed E-state index contributed by atoms with van der Waals surface area (Å²) in [7, 11) is 0. The number of amides is 1. The SMILES string of the molecule is Cc1ccc(C)c(NC(=O)[C@H](C)Sc2cccc(C(F)(F)F)c2)c1. The van der Waals surface area contributed by atoms with E-state index < -0.39 is 17.0 Å². The van der Waals surface area contributed by atoms with Gasteiger partial charge in [-0.05, 0) is 56.2 Å². The highest BCUT2D eigenvalue weighted by molar-refractivity contribution is 8.00. The highest BCUT2D eigenvalue weighted by atomic mass is 32.2. The summed E-state index contributed by atoms with van der Waals surface area (Å²) in [5.41, 5.74) is 1.96. The van der Waals surface area contributed by atoms with Gasteiger partial charge in [0.15, 0.2) is 0 Å². The first-order valence-electron chi connectivity index (χ1n) is 7.39. The highest BCUT2D eigenvalue weighted by Crippen LogP contribution is 2.33. The van der Waals surface area contributed by atoms with E-state index in [9.17, 15) is 18.0 Å². The molecule has 128 valence electrons. The van der Waals surface area contributed by atoms with E-state index in [-0.39, 0.29) is 5.91 Å². The van der Waals surface area contributed by atoms with Gasteiger partial charge < -0.3 is 5.32 Å². The average molecular weight is 353 g/mol. The number of hydrogen-bond acceptors (Lipinski definition) is 2. The Balaban J connectivity index is 2.08. The minimum atomic E-state index is -4.39. The quantitative estimate of drug-likeness (QED) is 0.742. The number of anilines is 1. The zero-order valence-electron chi connectivity index (χ0n) is 13.6. The van der Waals surface area contributed by atoms with Gasteiger partial charge in [-0.25, -0.2) is 0 Å². The van der Waals surface area contributed by atoms with Crippen molar-refractivity contribution in [2.24, 2.45) is 0 Å². The first-order chi connectivity index (χ1) is 11.2. The second-order valence-electron chi connectivity index (χ2n) is 5.59.